The zero-order valence-electron chi connectivity index (χ0n) is 22.6. The second kappa shape index (κ2) is 14.0. The molecule has 11 heteroatoms. The first-order valence-corrected chi connectivity index (χ1v) is 15.4. The Labute approximate surface area is 247 Å². The van der Waals surface area contributed by atoms with Gasteiger partial charge in [-0.3, -0.25) is 14.5 Å². The van der Waals surface area contributed by atoms with E-state index < -0.39 is 5.97 Å². The maximum absolute atomic E-state index is 12.9. The predicted octanol–water partition coefficient (Wildman–Crippen LogP) is 5.99. The number of benzene rings is 1. The number of ether oxygens (including phenoxy) is 2. The smallest absolute Gasteiger partial charge is 0.341 e. The molecule has 2 aliphatic rings. The number of esters is 2. The average Bonchev–Trinajstić information content (AvgIpc) is 3.44. The summed E-state index contributed by atoms with van der Waals surface area (Å²) in [6.07, 6.45) is 8.09. The van der Waals surface area contributed by atoms with Crippen LogP contribution in [0.4, 0.5) is 5.00 Å². The Hall–Kier alpha value is -3.02. The third kappa shape index (κ3) is 7.18. The van der Waals surface area contributed by atoms with Crippen molar-refractivity contribution in [3.05, 3.63) is 56.3 Å². The number of fused-ring (bicyclic) bond motifs is 1. The third-order valence-corrected chi connectivity index (χ3v) is 9.28. The van der Waals surface area contributed by atoms with Crippen molar-refractivity contribution in [2.24, 2.45) is 0 Å². The highest BCUT2D eigenvalue weighted by Crippen LogP contribution is 2.39. The van der Waals surface area contributed by atoms with Gasteiger partial charge in [0.2, 0.25) is 5.91 Å². The van der Waals surface area contributed by atoms with E-state index in [2.05, 4.69) is 5.32 Å². The maximum Gasteiger partial charge on any atom is 0.341 e. The fourth-order valence-electron chi connectivity index (χ4n) is 4.67. The molecule has 1 aromatic heterocycles. The summed E-state index contributed by atoms with van der Waals surface area (Å²) in [6, 6.07) is 6.81. The van der Waals surface area contributed by atoms with Crippen LogP contribution < -0.4 is 5.32 Å². The monoisotopic (exact) mass is 600 g/mol. The summed E-state index contributed by atoms with van der Waals surface area (Å²) in [7, 11) is 1.33. The van der Waals surface area contributed by atoms with E-state index in [4.69, 9.17) is 21.7 Å². The number of amides is 2. The normalized spacial score (nSPS) is 15.8. The number of thioether (sulfide) groups is 1. The molecule has 0 atom stereocenters. The van der Waals surface area contributed by atoms with Crippen LogP contribution in [0.2, 0.25) is 0 Å². The number of carbonyl (C=O) groups is 4. The Morgan fingerprint density at radius 3 is 2.55 bits per heavy atom. The lowest BCUT2D eigenvalue weighted by Gasteiger charge is -2.14. The lowest BCUT2D eigenvalue weighted by molar-refractivity contribution is -0.122. The number of nitrogens with one attached hydrogen (secondary N) is 1. The number of thiocarbonyl (C=S) groups is 1. The van der Waals surface area contributed by atoms with E-state index in [-0.39, 0.29) is 17.8 Å². The molecule has 1 N–H and O–H groups in total. The van der Waals surface area contributed by atoms with E-state index in [0.717, 1.165) is 43.2 Å². The van der Waals surface area contributed by atoms with Crippen LogP contribution in [0.15, 0.2) is 29.2 Å². The van der Waals surface area contributed by atoms with E-state index in [1.54, 1.807) is 42.2 Å². The number of anilines is 1. The quantitative estimate of drug-likeness (QED) is 0.145. The van der Waals surface area contributed by atoms with Gasteiger partial charge in [0.25, 0.3) is 5.91 Å². The molecule has 1 aliphatic carbocycles. The van der Waals surface area contributed by atoms with Gasteiger partial charge < -0.3 is 14.8 Å². The van der Waals surface area contributed by atoms with Gasteiger partial charge in [0, 0.05) is 17.8 Å². The van der Waals surface area contributed by atoms with E-state index >= 15 is 0 Å². The fraction of sp³-hybridized carbons (Fsp3) is 0.414. The van der Waals surface area contributed by atoms with Crippen molar-refractivity contribution in [1.82, 2.24) is 4.90 Å². The van der Waals surface area contributed by atoms with E-state index in [1.165, 1.54) is 35.1 Å². The lowest BCUT2D eigenvalue weighted by Crippen LogP contribution is -2.29. The first kappa shape index (κ1) is 30.0. The predicted molar refractivity (Wildman–Crippen MR) is 162 cm³/mol. The molecule has 0 spiro atoms. The van der Waals surface area contributed by atoms with Crippen LogP contribution in [0.25, 0.3) is 6.08 Å². The van der Waals surface area contributed by atoms with Crippen LogP contribution in [-0.4, -0.2) is 53.2 Å². The minimum Gasteiger partial charge on any atom is -0.465 e. The molecule has 4 rings (SSSR count). The molecule has 8 nitrogen and oxygen atoms in total. The van der Waals surface area contributed by atoms with Gasteiger partial charge in [0.1, 0.15) is 9.32 Å². The molecule has 1 aliphatic heterocycles. The number of methoxy groups -OCH3 is 1. The van der Waals surface area contributed by atoms with Crippen molar-refractivity contribution in [3.8, 4) is 0 Å². The zero-order chi connectivity index (χ0) is 28.6. The summed E-state index contributed by atoms with van der Waals surface area (Å²) in [5.41, 5.74) is 2.78. The Kier molecular flexibility index (Phi) is 10.5. The van der Waals surface area contributed by atoms with Gasteiger partial charge >= 0.3 is 11.9 Å². The van der Waals surface area contributed by atoms with Crippen LogP contribution in [-0.2, 0) is 31.9 Å². The molecule has 2 aromatic rings. The molecule has 212 valence electrons. The zero-order valence-corrected chi connectivity index (χ0v) is 25.0. The number of nitrogens with zero attached hydrogens (tertiary/aromatic N) is 1. The number of unbranched alkanes of at least 4 members (excludes halogenated alkanes) is 2. The fourth-order valence-corrected chi connectivity index (χ4v) is 7.27. The third-order valence-electron chi connectivity index (χ3n) is 6.69. The van der Waals surface area contributed by atoms with Crippen molar-refractivity contribution in [1.29, 1.82) is 0 Å². The number of aryl methyl sites for hydroxylation is 1. The van der Waals surface area contributed by atoms with E-state index in [0.29, 0.717) is 57.8 Å². The summed E-state index contributed by atoms with van der Waals surface area (Å²) < 4.78 is 10.5. The highest BCUT2D eigenvalue weighted by atomic mass is 32.2. The first-order chi connectivity index (χ1) is 19.3. The molecular formula is C29H32N2O6S3. The molecule has 2 amide bonds. The number of rotatable bonds is 11. The number of hydrogen-bond donors (Lipinski definition) is 1. The molecule has 0 saturated carbocycles. The number of carbonyl (C=O) groups excluding carboxylic acids is 4. The second-order valence-electron chi connectivity index (χ2n) is 9.44. The second-order valence-corrected chi connectivity index (χ2v) is 12.2. The van der Waals surface area contributed by atoms with Gasteiger partial charge in [0.15, 0.2) is 0 Å². The summed E-state index contributed by atoms with van der Waals surface area (Å²) in [5.74, 6) is -1.05. The van der Waals surface area contributed by atoms with Crippen LogP contribution in [0, 0.1) is 0 Å². The summed E-state index contributed by atoms with van der Waals surface area (Å²) >= 11 is 8.17. The van der Waals surface area contributed by atoms with E-state index in [1.807, 2.05) is 0 Å². The Morgan fingerprint density at radius 2 is 1.82 bits per heavy atom. The topological polar surface area (TPSA) is 102 Å². The molecule has 40 heavy (non-hydrogen) atoms. The maximum atomic E-state index is 12.9. The summed E-state index contributed by atoms with van der Waals surface area (Å²) in [5, 5.41) is 3.55. The van der Waals surface area contributed by atoms with Crippen molar-refractivity contribution in [3.63, 3.8) is 0 Å². The minimum absolute atomic E-state index is 0.129. The molecule has 0 bridgehead atoms. The molecular weight excluding hydrogens is 569 g/mol. The Morgan fingerprint density at radius 1 is 1.07 bits per heavy atom. The minimum atomic E-state index is -0.415. The molecule has 1 aromatic carbocycles. The highest BCUT2D eigenvalue weighted by Gasteiger charge is 2.31. The number of hydrogen-bond acceptors (Lipinski definition) is 9. The van der Waals surface area contributed by atoms with Gasteiger partial charge in [-0.15, -0.1) is 11.3 Å². The van der Waals surface area contributed by atoms with Gasteiger partial charge in [0.05, 0.1) is 29.7 Å². The summed E-state index contributed by atoms with van der Waals surface area (Å²) in [4.78, 5) is 53.1. The van der Waals surface area contributed by atoms with Crippen molar-refractivity contribution in [2.45, 2.75) is 58.3 Å². The van der Waals surface area contributed by atoms with Crippen LogP contribution in [0.1, 0.15) is 82.2 Å². The van der Waals surface area contributed by atoms with Crippen LogP contribution in [0.3, 0.4) is 0 Å². The van der Waals surface area contributed by atoms with Gasteiger partial charge in [-0.05, 0) is 74.8 Å². The van der Waals surface area contributed by atoms with Crippen molar-refractivity contribution in [2.75, 3.05) is 25.6 Å². The standard InChI is InChI=1S/C29H32N2O6S3/c1-3-37-28(35)24-20-9-6-7-10-21(20)39-25(24)30-23(32)11-5-4-8-16-31-26(33)22(40-29(31)38)17-18-12-14-19(15-13-18)27(34)36-2/h12-15,17H,3-11,16H2,1-2H3,(H,30,32). The van der Waals surface area contributed by atoms with Crippen molar-refractivity contribution < 1.29 is 28.7 Å². The molecule has 1 saturated heterocycles. The van der Waals surface area contributed by atoms with Gasteiger partial charge in [-0.1, -0.05) is 42.5 Å². The molecule has 1 fully saturated rings. The average molecular weight is 601 g/mol. The molecule has 2 heterocycles. The van der Waals surface area contributed by atoms with Crippen molar-refractivity contribution >= 4 is 74.5 Å². The molecule has 0 radical (unpaired) electrons. The summed E-state index contributed by atoms with van der Waals surface area (Å²) in [6.45, 7) is 2.55. The number of thiophene rings is 1. The highest BCUT2D eigenvalue weighted by molar-refractivity contribution is 8.26. The van der Waals surface area contributed by atoms with Crippen LogP contribution in [0.5, 0.6) is 0 Å². The van der Waals surface area contributed by atoms with E-state index in [9.17, 15) is 19.2 Å². The Balaban J connectivity index is 1.25. The largest absolute Gasteiger partial charge is 0.465 e. The molecule has 0 unspecified atom stereocenters. The van der Waals surface area contributed by atoms with Gasteiger partial charge in [-0.25, -0.2) is 9.59 Å². The Bertz CT molecular complexity index is 1330. The van der Waals surface area contributed by atoms with Crippen LogP contribution >= 0.6 is 35.3 Å². The SMILES string of the molecule is CCOC(=O)c1c(NC(=O)CCCCCN2C(=O)C(=Cc3ccc(C(=O)OC)cc3)SC2=S)sc2c1CCCC2. The lowest BCUT2D eigenvalue weighted by atomic mass is 9.95. The van der Waals surface area contributed by atoms with Gasteiger partial charge in [-0.2, -0.15) is 0 Å². The first-order valence-electron chi connectivity index (χ1n) is 13.4.